The Morgan fingerprint density at radius 1 is 1.30 bits per heavy atom. The lowest BCUT2D eigenvalue weighted by molar-refractivity contribution is -0.140. The molecule has 1 aromatic carbocycles. The van der Waals surface area contributed by atoms with E-state index in [2.05, 4.69) is 5.32 Å². The van der Waals surface area contributed by atoms with Gasteiger partial charge in [0, 0.05) is 17.7 Å². The zero-order chi connectivity index (χ0) is 15.3. The molecule has 7 heteroatoms. The fraction of sp³-hybridized carbons (Fsp3) is 0.308. The molecule has 0 saturated heterocycles. The van der Waals surface area contributed by atoms with E-state index in [9.17, 15) is 14.4 Å². The molecule has 0 radical (unpaired) electrons. The molecule has 0 aliphatic heterocycles. The molecule has 1 aromatic rings. The van der Waals surface area contributed by atoms with Gasteiger partial charge in [0.2, 0.25) is 0 Å². The van der Waals surface area contributed by atoms with E-state index >= 15 is 0 Å². The van der Waals surface area contributed by atoms with E-state index in [0.717, 1.165) is 0 Å². The minimum Gasteiger partial charge on any atom is -0.481 e. The lowest BCUT2D eigenvalue weighted by atomic mass is 10.1. The molecule has 5 N–H and O–H groups in total. The van der Waals surface area contributed by atoms with Gasteiger partial charge in [0.1, 0.15) is 6.04 Å². The van der Waals surface area contributed by atoms with Gasteiger partial charge in [-0.3, -0.25) is 9.59 Å². The van der Waals surface area contributed by atoms with Crippen LogP contribution in [-0.4, -0.2) is 34.1 Å². The van der Waals surface area contributed by atoms with Crippen molar-refractivity contribution in [2.75, 3.05) is 5.73 Å². The van der Waals surface area contributed by atoms with Gasteiger partial charge in [-0.1, -0.05) is 0 Å². The molecule has 0 spiro atoms. The summed E-state index contributed by atoms with van der Waals surface area (Å²) in [6, 6.07) is 3.39. The number of nitrogens with two attached hydrogens (primary N) is 1. The third-order valence-electron chi connectivity index (χ3n) is 2.75. The topological polar surface area (TPSA) is 130 Å². The van der Waals surface area contributed by atoms with Crippen molar-refractivity contribution in [1.82, 2.24) is 5.32 Å². The average Bonchev–Trinajstić information content (AvgIpc) is 2.33. The first-order valence-electron chi connectivity index (χ1n) is 5.93. The van der Waals surface area contributed by atoms with E-state index in [1.807, 2.05) is 0 Å². The molecule has 108 valence electrons. The highest BCUT2D eigenvalue weighted by atomic mass is 16.4. The minimum atomic E-state index is -1.27. The number of carboxylic acids is 2. The summed E-state index contributed by atoms with van der Waals surface area (Å²) in [5, 5.41) is 19.8. The lowest BCUT2D eigenvalue weighted by Crippen LogP contribution is -2.41. The van der Waals surface area contributed by atoms with Crippen LogP contribution in [0.3, 0.4) is 0 Å². The van der Waals surface area contributed by atoms with Gasteiger partial charge in [0.25, 0.3) is 5.91 Å². The number of benzene rings is 1. The van der Waals surface area contributed by atoms with Gasteiger partial charge >= 0.3 is 11.9 Å². The van der Waals surface area contributed by atoms with Crippen molar-refractivity contribution in [3.05, 3.63) is 29.3 Å². The number of carboxylic acid groups (broad SMARTS) is 2. The number of hydrogen-bond acceptors (Lipinski definition) is 4. The van der Waals surface area contributed by atoms with Gasteiger partial charge in [0.05, 0.1) is 0 Å². The Bertz CT molecular complexity index is 542. The SMILES string of the molecule is Cc1cc(N)ccc1C(=O)N[C@@H](CCC(=O)O)C(=O)O. The van der Waals surface area contributed by atoms with Crippen LogP contribution in [0.2, 0.25) is 0 Å². The first-order chi connectivity index (χ1) is 9.31. The van der Waals surface area contributed by atoms with Gasteiger partial charge in [-0.25, -0.2) is 4.79 Å². The second kappa shape index (κ2) is 6.55. The van der Waals surface area contributed by atoms with Gasteiger partial charge in [-0.2, -0.15) is 0 Å². The number of amides is 1. The molecule has 0 aliphatic rings. The Balaban J connectivity index is 2.80. The number of aliphatic carboxylic acids is 2. The Labute approximate surface area is 115 Å². The quantitative estimate of drug-likeness (QED) is 0.565. The molecule has 0 fully saturated rings. The van der Waals surface area contributed by atoms with Crippen LogP contribution in [0.25, 0.3) is 0 Å². The number of hydrogen-bond donors (Lipinski definition) is 4. The molecule has 0 unspecified atom stereocenters. The summed E-state index contributed by atoms with van der Waals surface area (Å²) in [5.74, 6) is -2.96. The molecule has 0 bridgehead atoms. The fourth-order valence-electron chi connectivity index (χ4n) is 1.70. The summed E-state index contributed by atoms with van der Waals surface area (Å²) in [4.78, 5) is 33.4. The Kier molecular flexibility index (Phi) is 5.08. The molecule has 0 aromatic heterocycles. The van der Waals surface area contributed by atoms with Gasteiger partial charge in [-0.05, 0) is 37.1 Å². The monoisotopic (exact) mass is 280 g/mol. The number of rotatable bonds is 6. The van der Waals surface area contributed by atoms with E-state index < -0.39 is 23.9 Å². The van der Waals surface area contributed by atoms with Crippen LogP contribution >= 0.6 is 0 Å². The Morgan fingerprint density at radius 2 is 1.95 bits per heavy atom. The van der Waals surface area contributed by atoms with Gasteiger partial charge in [0.15, 0.2) is 0 Å². The zero-order valence-electron chi connectivity index (χ0n) is 10.9. The maximum atomic E-state index is 12.0. The summed E-state index contributed by atoms with van der Waals surface area (Å²) in [7, 11) is 0. The fourth-order valence-corrected chi connectivity index (χ4v) is 1.70. The van der Waals surface area contributed by atoms with E-state index in [1.54, 1.807) is 13.0 Å². The standard InChI is InChI=1S/C13H16N2O5/c1-7-6-8(14)2-3-9(7)12(18)15-10(13(19)20)4-5-11(16)17/h2-3,6,10H,4-5,14H2,1H3,(H,15,18)(H,16,17)(H,19,20)/t10-/m0/s1. The van der Waals surface area contributed by atoms with Crippen LogP contribution in [0.4, 0.5) is 5.69 Å². The molecule has 1 atom stereocenters. The Morgan fingerprint density at radius 3 is 2.45 bits per heavy atom. The minimum absolute atomic E-state index is 0.176. The number of carbonyl (C=O) groups excluding carboxylic acids is 1. The molecule has 0 saturated carbocycles. The summed E-state index contributed by atoms with van der Waals surface area (Å²) in [6.07, 6.45) is -0.512. The van der Waals surface area contributed by atoms with Crippen LogP contribution in [0.15, 0.2) is 18.2 Å². The molecule has 0 aliphatic carbocycles. The van der Waals surface area contributed by atoms with Crippen molar-refractivity contribution in [3.8, 4) is 0 Å². The van der Waals surface area contributed by atoms with Crippen molar-refractivity contribution in [1.29, 1.82) is 0 Å². The maximum absolute atomic E-state index is 12.0. The molecular weight excluding hydrogens is 264 g/mol. The highest BCUT2D eigenvalue weighted by Crippen LogP contribution is 2.13. The normalized spacial score (nSPS) is 11.7. The Hall–Kier alpha value is -2.57. The van der Waals surface area contributed by atoms with E-state index in [1.165, 1.54) is 12.1 Å². The summed E-state index contributed by atoms with van der Waals surface area (Å²) < 4.78 is 0. The number of nitrogens with one attached hydrogen (secondary N) is 1. The van der Waals surface area contributed by atoms with Crippen LogP contribution in [0, 0.1) is 6.92 Å². The summed E-state index contributed by atoms with van der Waals surface area (Å²) >= 11 is 0. The van der Waals surface area contributed by atoms with Gasteiger partial charge in [-0.15, -0.1) is 0 Å². The van der Waals surface area contributed by atoms with Crippen LogP contribution in [-0.2, 0) is 9.59 Å². The lowest BCUT2D eigenvalue weighted by Gasteiger charge is -2.14. The van der Waals surface area contributed by atoms with E-state index in [-0.39, 0.29) is 12.8 Å². The van der Waals surface area contributed by atoms with Crippen LogP contribution in [0.1, 0.15) is 28.8 Å². The van der Waals surface area contributed by atoms with Crippen molar-refractivity contribution in [3.63, 3.8) is 0 Å². The van der Waals surface area contributed by atoms with E-state index in [0.29, 0.717) is 16.8 Å². The maximum Gasteiger partial charge on any atom is 0.326 e. The number of aryl methyl sites for hydroxylation is 1. The molecular formula is C13H16N2O5. The number of nitrogen functional groups attached to an aromatic ring is 1. The van der Waals surface area contributed by atoms with E-state index in [4.69, 9.17) is 15.9 Å². The third-order valence-corrected chi connectivity index (χ3v) is 2.75. The summed E-state index contributed by atoms with van der Waals surface area (Å²) in [6.45, 7) is 1.68. The largest absolute Gasteiger partial charge is 0.481 e. The third kappa shape index (κ3) is 4.27. The number of carbonyl (C=O) groups is 3. The first kappa shape index (κ1) is 15.5. The highest BCUT2D eigenvalue weighted by Gasteiger charge is 2.22. The zero-order valence-corrected chi connectivity index (χ0v) is 10.9. The predicted octanol–water partition coefficient (Wildman–Crippen LogP) is 0.625. The highest BCUT2D eigenvalue weighted by molar-refractivity contribution is 5.98. The first-order valence-corrected chi connectivity index (χ1v) is 5.93. The average molecular weight is 280 g/mol. The smallest absolute Gasteiger partial charge is 0.326 e. The molecule has 1 amide bonds. The molecule has 7 nitrogen and oxygen atoms in total. The second-order valence-corrected chi connectivity index (χ2v) is 4.37. The predicted molar refractivity (Wildman–Crippen MR) is 71.4 cm³/mol. The van der Waals surface area contributed by atoms with Crippen LogP contribution in [0.5, 0.6) is 0 Å². The summed E-state index contributed by atoms with van der Waals surface area (Å²) in [5.41, 5.74) is 6.99. The van der Waals surface area contributed by atoms with Crippen molar-refractivity contribution in [2.24, 2.45) is 0 Å². The number of anilines is 1. The molecule has 0 heterocycles. The van der Waals surface area contributed by atoms with Crippen molar-refractivity contribution >= 4 is 23.5 Å². The van der Waals surface area contributed by atoms with Crippen LogP contribution < -0.4 is 11.1 Å². The molecule has 1 rings (SSSR count). The second-order valence-electron chi connectivity index (χ2n) is 4.37. The van der Waals surface area contributed by atoms with Crippen molar-refractivity contribution < 1.29 is 24.6 Å². The van der Waals surface area contributed by atoms with Crippen molar-refractivity contribution in [2.45, 2.75) is 25.8 Å². The van der Waals surface area contributed by atoms with Gasteiger partial charge < -0.3 is 21.3 Å². The molecule has 20 heavy (non-hydrogen) atoms.